The van der Waals surface area contributed by atoms with E-state index < -0.39 is 78.8 Å². The number of hydrogen-bond donors (Lipinski definition) is 0. The summed E-state index contributed by atoms with van der Waals surface area (Å²) in [4.78, 5) is 0. The van der Waals surface area contributed by atoms with E-state index in [2.05, 4.69) is 158 Å². The van der Waals surface area contributed by atoms with Gasteiger partial charge in [0.15, 0.2) is 0 Å². The minimum absolute atomic E-state index is 1.41. The molecule has 0 fully saturated rings. The van der Waals surface area contributed by atoms with Crippen LogP contribution >= 0.6 is 18.8 Å². The number of rotatable bonds is 11. The highest BCUT2D eigenvalue weighted by Crippen LogP contribution is 2.63. The van der Waals surface area contributed by atoms with E-state index in [-0.39, 0.29) is 0 Å². The molecule has 0 aliphatic carbocycles. The maximum atomic E-state index is 9.29. The van der Waals surface area contributed by atoms with E-state index in [0.29, 0.717) is 0 Å². The lowest BCUT2D eigenvalue weighted by atomic mass is 11.8. The van der Waals surface area contributed by atoms with Crippen LogP contribution in [0.15, 0.2) is 0 Å². The SMILES string of the molecule is C[Si](C)(C)[Si](C)([Si](C)(C)C)[Si](Cl)([P-][Si]([Si](C)(C)C)([Si](C)(C)C)[Si](C)(C)C)[Si](C)([Si](C)(C)C)[Si](C)(C)C. The van der Waals surface area contributed by atoms with Crippen molar-refractivity contribution in [3.63, 3.8) is 0 Å². The van der Waals surface area contributed by atoms with Gasteiger partial charge in [-0.15, -0.1) is 6.29 Å². The van der Waals surface area contributed by atoms with Gasteiger partial charge in [0, 0.05) is 66.4 Å². The summed E-state index contributed by atoms with van der Waals surface area (Å²) >= 11 is 9.29. The van der Waals surface area contributed by atoms with Gasteiger partial charge in [-0.1, -0.05) is 151 Å². The molecule has 0 atom stereocenters. The average molecular weight is 721 g/mol. The van der Waals surface area contributed by atoms with E-state index in [1.54, 1.807) is 0 Å². The first-order valence-corrected chi connectivity index (χ1v) is 60.5. The van der Waals surface area contributed by atoms with Crippen LogP contribution in [0.5, 0.6) is 0 Å². The van der Waals surface area contributed by atoms with Gasteiger partial charge in [0.25, 0.3) is 0 Å². The van der Waals surface area contributed by atoms with E-state index in [4.69, 9.17) is 0 Å². The Kier molecular flexibility index (Phi) is 11.6. The van der Waals surface area contributed by atoms with Crippen LogP contribution < -0.4 is 0 Å². The highest BCUT2D eigenvalue weighted by Gasteiger charge is 2.72. The molecule has 0 nitrogen and oxygen atoms in total. The predicted molar refractivity (Wildman–Crippen MR) is 211 cm³/mol. The van der Waals surface area contributed by atoms with Gasteiger partial charge in [-0.3, -0.25) is 0 Å². The van der Waals surface area contributed by atoms with Crippen LogP contribution in [-0.2, 0) is 0 Å². The normalized spacial score (nSPS) is 17.3. The van der Waals surface area contributed by atoms with E-state index in [0.717, 1.165) is 0 Å². The minimum Gasteiger partial charge on any atom is -0.536 e. The maximum Gasteiger partial charge on any atom is 0.0322 e. The third-order valence-corrected chi connectivity index (χ3v) is 294. The van der Waals surface area contributed by atoms with Crippen molar-refractivity contribution in [2.75, 3.05) is 0 Å². The maximum absolute atomic E-state index is 9.29. The fraction of sp³-hybridized carbons (Fsp3) is 1.00. The van der Waals surface area contributed by atoms with Gasteiger partial charge in [0.05, 0.1) is 0 Å². The third-order valence-electron chi connectivity index (χ3n) is 10.9. The molecule has 0 aromatic heterocycles. The largest absolute Gasteiger partial charge is 0.536 e. The number of hydrogen-bond acceptors (Lipinski definition) is 0. The molecule has 0 spiro atoms. The van der Waals surface area contributed by atoms with Crippen LogP contribution in [0.2, 0.25) is 151 Å². The topological polar surface area (TPSA) is 0 Å². The second-order valence-electron chi connectivity index (χ2n) is 19.4. The van der Waals surface area contributed by atoms with E-state index in [1.807, 2.05) is 0 Å². The van der Waals surface area contributed by atoms with Crippen molar-refractivity contribution in [3.8, 4) is 0 Å². The summed E-state index contributed by atoms with van der Waals surface area (Å²) < 4.78 is 0. The molecule has 0 aliphatic rings. The summed E-state index contributed by atoms with van der Waals surface area (Å²) in [6.45, 7) is 61.8. The van der Waals surface area contributed by atoms with Crippen LogP contribution in [-0.4, -0.2) is 78.8 Å². The molecule has 13 heteroatoms. The zero-order valence-electron chi connectivity index (χ0n) is 29.3. The lowest BCUT2D eigenvalue weighted by Crippen LogP contribution is -2.96. The van der Waals surface area contributed by atoms with Crippen molar-refractivity contribution >= 4 is 97.5 Å². The number of halogens is 1. The van der Waals surface area contributed by atoms with Crippen LogP contribution in [0, 0.1) is 0 Å². The molecule has 0 heterocycles. The highest BCUT2D eigenvalue weighted by atomic mass is 35.6. The molecule has 0 unspecified atom stereocenters. The van der Waals surface area contributed by atoms with Crippen LogP contribution in [0.4, 0.5) is 0 Å². The lowest BCUT2D eigenvalue weighted by Gasteiger charge is -2.79. The van der Waals surface area contributed by atoms with E-state index in [9.17, 15) is 11.1 Å². The first-order chi connectivity index (χ1) is 15.0. The van der Waals surface area contributed by atoms with Gasteiger partial charge in [-0.05, 0) is 6.09 Å². The Bertz CT molecular complexity index is 680. The minimum atomic E-state index is -2.13. The Labute approximate surface area is 246 Å². The molecule has 218 valence electrons. The van der Waals surface area contributed by atoms with E-state index >= 15 is 0 Å². The Hall–Kier alpha value is 3.11. The van der Waals surface area contributed by atoms with Crippen LogP contribution in [0.25, 0.3) is 0 Å². The summed E-state index contributed by atoms with van der Waals surface area (Å²) in [7, 11) is -7.96. The van der Waals surface area contributed by atoms with Crippen molar-refractivity contribution < 1.29 is 0 Å². The van der Waals surface area contributed by atoms with Gasteiger partial charge < -0.3 is 7.68 Å². The van der Waals surface area contributed by atoms with Gasteiger partial charge >= 0.3 is 0 Å². The molecule has 0 N–H and O–H groups in total. The molecule has 36 heavy (non-hydrogen) atoms. The third kappa shape index (κ3) is 5.96. The molecule has 0 aromatic carbocycles. The van der Waals surface area contributed by atoms with Gasteiger partial charge in [-0.2, -0.15) is 0 Å². The van der Waals surface area contributed by atoms with Gasteiger partial charge in [0.2, 0.25) is 0 Å². The lowest BCUT2D eigenvalue weighted by molar-refractivity contribution is 1.75. The molecule has 0 aliphatic heterocycles. The molecular weight excluding hydrogens is 652 g/mol. The molecular formula is C23H69ClPSi11-. The summed E-state index contributed by atoms with van der Waals surface area (Å²) in [5.74, 6) is 0. The summed E-state index contributed by atoms with van der Waals surface area (Å²) in [6, 6.07) is 0. The predicted octanol–water partition coefficient (Wildman–Crippen LogP) is 10.8. The average Bonchev–Trinajstić information content (AvgIpc) is 2.49. The first kappa shape index (κ1) is 39.1. The monoisotopic (exact) mass is 719 g/mol. The summed E-state index contributed by atoms with van der Waals surface area (Å²) in [6.07, 6.45) is -3.72. The molecule has 0 aromatic rings. The van der Waals surface area contributed by atoms with E-state index in [1.165, 1.54) is 0 Å². The smallest absolute Gasteiger partial charge is 0.0322 e. The van der Waals surface area contributed by atoms with Crippen molar-refractivity contribution in [3.05, 3.63) is 0 Å². The molecule has 0 saturated heterocycles. The zero-order chi connectivity index (χ0) is 30.2. The van der Waals surface area contributed by atoms with Crippen molar-refractivity contribution in [2.45, 2.75) is 151 Å². The molecule has 0 bridgehead atoms. The fourth-order valence-corrected chi connectivity index (χ4v) is 500. The highest BCUT2D eigenvalue weighted by molar-refractivity contribution is 8.51. The van der Waals surface area contributed by atoms with Gasteiger partial charge in [0.1, 0.15) is 0 Å². The Morgan fingerprint density at radius 2 is 0.472 bits per heavy atom. The molecule has 0 saturated carbocycles. The fourth-order valence-electron chi connectivity index (χ4n) is 9.07. The zero-order valence-corrected chi connectivity index (χ0v) is 42.0. The van der Waals surface area contributed by atoms with Crippen LogP contribution in [0.3, 0.4) is 0 Å². The second-order valence-corrected chi connectivity index (χ2v) is 151. The van der Waals surface area contributed by atoms with Crippen molar-refractivity contribution in [1.82, 2.24) is 0 Å². The standard InChI is InChI=1S/C23H69ClPSi11/c1-26(2,3)33(22,27(4,5)6)35(24,34(23,28(7,8)9)29(10,11)12)25-36(30(13,14)15,31(16,17)18)32(19,20)21/h1-23H3/q-1. The van der Waals surface area contributed by atoms with Crippen molar-refractivity contribution in [1.29, 1.82) is 0 Å². The van der Waals surface area contributed by atoms with Gasteiger partial charge in [-0.25, -0.2) is 11.1 Å². The van der Waals surface area contributed by atoms with Crippen molar-refractivity contribution in [2.24, 2.45) is 0 Å². The molecule has 0 radical (unpaired) electrons. The summed E-state index contributed by atoms with van der Waals surface area (Å²) in [5, 5.41) is 0. The molecule has 0 amide bonds. The first-order valence-electron chi connectivity index (χ1n) is 14.4. The summed E-state index contributed by atoms with van der Waals surface area (Å²) in [5.41, 5.74) is 0. The Morgan fingerprint density at radius 3 is 0.583 bits per heavy atom. The quantitative estimate of drug-likeness (QED) is 0.113. The Balaban J connectivity index is 8.64. The van der Waals surface area contributed by atoms with Crippen LogP contribution in [0.1, 0.15) is 0 Å². The second kappa shape index (κ2) is 10.7. The molecule has 0 rings (SSSR count). The Morgan fingerprint density at radius 1 is 0.306 bits per heavy atom.